The van der Waals surface area contributed by atoms with Crippen molar-refractivity contribution in [3.05, 3.63) is 110 Å². The Kier molecular flexibility index (Phi) is 5.29. The molecule has 0 bridgehead atoms. The van der Waals surface area contributed by atoms with Gasteiger partial charge in [-0.05, 0) is 53.3 Å². The van der Waals surface area contributed by atoms with Crippen molar-refractivity contribution in [3.8, 4) is 0 Å². The minimum atomic E-state index is -0.561. The molecule has 166 valence electrons. The van der Waals surface area contributed by atoms with Gasteiger partial charge in [-0.2, -0.15) is 0 Å². The predicted octanol–water partition coefficient (Wildman–Crippen LogP) is 6.02. The van der Waals surface area contributed by atoms with E-state index in [4.69, 9.17) is 16.0 Å². The number of benzene rings is 2. The highest BCUT2D eigenvalue weighted by atomic mass is 35.5. The Morgan fingerprint density at radius 2 is 1.88 bits per heavy atom. The molecule has 0 aliphatic carbocycles. The zero-order valence-corrected chi connectivity index (χ0v) is 19.4. The molecule has 1 atom stereocenters. The summed E-state index contributed by atoms with van der Waals surface area (Å²) in [7, 11) is 0. The molecular weight excluding hydrogens is 436 g/mol. The van der Waals surface area contributed by atoms with Gasteiger partial charge in [-0.3, -0.25) is 14.6 Å². The summed E-state index contributed by atoms with van der Waals surface area (Å²) in [6, 6.07) is 14.6. The maximum absolute atomic E-state index is 13.7. The molecular formula is C27H23ClN2O3. The van der Waals surface area contributed by atoms with Crippen LogP contribution in [0.15, 0.2) is 70.1 Å². The van der Waals surface area contributed by atoms with E-state index in [9.17, 15) is 9.59 Å². The SMILES string of the molecule is Cc1cc2oc3c(c(=O)c2cc1Cl)[C@@H](c1ccc(C(C)C)cc1)N(Cc1cccnc1)C3=O. The summed E-state index contributed by atoms with van der Waals surface area (Å²) < 4.78 is 6.05. The highest BCUT2D eigenvalue weighted by Gasteiger charge is 2.42. The normalized spacial score (nSPS) is 15.5. The van der Waals surface area contributed by atoms with Crippen LogP contribution in [0.4, 0.5) is 0 Å². The van der Waals surface area contributed by atoms with Gasteiger partial charge in [0.2, 0.25) is 5.76 Å². The molecule has 6 heteroatoms. The van der Waals surface area contributed by atoms with Gasteiger partial charge in [0.1, 0.15) is 5.58 Å². The molecule has 2 aromatic heterocycles. The average molecular weight is 459 g/mol. The van der Waals surface area contributed by atoms with E-state index in [0.29, 0.717) is 34.0 Å². The van der Waals surface area contributed by atoms with E-state index in [1.54, 1.807) is 29.4 Å². The lowest BCUT2D eigenvalue weighted by Crippen LogP contribution is -2.29. The second kappa shape index (κ2) is 8.16. The van der Waals surface area contributed by atoms with Gasteiger partial charge in [-0.1, -0.05) is 55.8 Å². The first kappa shape index (κ1) is 21.4. The van der Waals surface area contributed by atoms with E-state index in [1.165, 1.54) is 5.56 Å². The van der Waals surface area contributed by atoms with E-state index in [2.05, 4.69) is 18.8 Å². The summed E-state index contributed by atoms with van der Waals surface area (Å²) in [6.07, 6.45) is 3.42. The molecule has 0 unspecified atom stereocenters. The Morgan fingerprint density at radius 1 is 1.12 bits per heavy atom. The first-order chi connectivity index (χ1) is 15.8. The molecule has 0 saturated heterocycles. The third-order valence-electron chi connectivity index (χ3n) is 6.24. The maximum atomic E-state index is 13.7. The lowest BCUT2D eigenvalue weighted by Gasteiger charge is -2.25. The van der Waals surface area contributed by atoms with Crippen molar-refractivity contribution in [3.63, 3.8) is 0 Å². The van der Waals surface area contributed by atoms with Crippen molar-refractivity contribution in [1.82, 2.24) is 9.88 Å². The number of hydrogen-bond acceptors (Lipinski definition) is 4. The van der Waals surface area contributed by atoms with E-state index < -0.39 is 6.04 Å². The largest absolute Gasteiger partial charge is 0.450 e. The molecule has 1 aliphatic heterocycles. The third-order valence-corrected chi connectivity index (χ3v) is 6.65. The number of hydrogen-bond donors (Lipinski definition) is 0. The number of aromatic nitrogens is 1. The lowest BCUT2D eigenvalue weighted by molar-refractivity contribution is 0.0714. The summed E-state index contributed by atoms with van der Waals surface area (Å²) in [6.45, 7) is 6.41. The summed E-state index contributed by atoms with van der Waals surface area (Å²) in [5.74, 6) is 0.164. The van der Waals surface area contributed by atoms with E-state index >= 15 is 0 Å². The predicted molar refractivity (Wildman–Crippen MR) is 129 cm³/mol. The van der Waals surface area contributed by atoms with Crippen molar-refractivity contribution in [2.75, 3.05) is 0 Å². The Balaban J connectivity index is 1.72. The van der Waals surface area contributed by atoms with Crippen molar-refractivity contribution in [2.24, 2.45) is 0 Å². The van der Waals surface area contributed by atoms with E-state index in [1.807, 2.05) is 43.3 Å². The highest BCUT2D eigenvalue weighted by Crippen LogP contribution is 2.40. The fourth-order valence-electron chi connectivity index (χ4n) is 4.40. The molecule has 0 N–H and O–H groups in total. The van der Waals surface area contributed by atoms with Gasteiger partial charge < -0.3 is 9.32 Å². The Morgan fingerprint density at radius 3 is 2.55 bits per heavy atom. The Hall–Kier alpha value is -3.44. The zero-order chi connectivity index (χ0) is 23.3. The molecule has 4 aromatic rings. The minimum Gasteiger partial charge on any atom is -0.450 e. The standard InChI is InChI=1S/C27H23ClN2O3/c1-15(2)18-6-8-19(9-7-18)24-23-25(31)20-12-21(28)16(3)11-22(20)33-26(23)27(32)30(24)14-17-5-4-10-29-13-17/h4-13,15,24H,14H2,1-3H3/t24-/m1/s1. The van der Waals surface area contributed by atoms with Crippen LogP contribution in [0.1, 0.15) is 64.2 Å². The molecule has 5 nitrogen and oxygen atoms in total. The van der Waals surface area contributed by atoms with Crippen LogP contribution in [0.3, 0.4) is 0 Å². The molecule has 1 aliphatic rings. The summed E-state index contributed by atoms with van der Waals surface area (Å²) in [5, 5.41) is 0.869. The minimum absolute atomic E-state index is 0.0936. The molecule has 1 amide bonds. The molecule has 5 rings (SSSR count). The number of pyridine rings is 1. The van der Waals surface area contributed by atoms with Crippen LogP contribution in [0.25, 0.3) is 11.0 Å². The summed E-state index contributed by atoms with van der Waals surface area (Å²) in [5.41, 5.74) is 4.20. The van der Waals surface area contributed by atoms with Gasteiger partial charge in [0.05, 0.1) is 17.0 Å². The smallest absolute Gasteiger partial charge is 0.291 e. The Labute approximate surface area is 196 Å². The number of carbonyl (C=O) groups is 1. The molecule has 0 fully saturated rings. The number of nitrogens with zero attached hydrogens (tertiary/aromatic N) is 2. The first-order valence-electron chi connectivity index (χ1n) is 10.9. The molecule has 0 saturated carbocycles. The number of carbonyl (C=O) groups excluding carboxylic acids is 1. The van der Waals surface area contributed by atoms with Crippen LogP contribution in [0, 0.1) is 6.92 Å². The molecule has 3 heterocycles. The van der Waals surface area contributed by atoms with Crippen LogP contribution in [0.5, 0.6) is 0 Å². The van der Waals surface area contributed by atoms with Crippen LogP contribution in [-0.4, -0.2) is 15.8 Å². The van der Waals surface area contributed by atoms with Crippen LogP contribution >= 0.6 is 11.6 Å². The molecule has 2 aromatic carbocycles. The summed E-state index contributed by atoms with van der Waals surface area (Å²) in [4.78, 5) is 33.1. The number of rotatable bonds is 4. The molecule has 0 spiro atoms. The fraction of sp³-hybridized carbons (Fsp3) is 0.222. The quantitative estimate of drug-likeness (QED) is 0.375. The van der Waals surface area contributed by atoms with Crippen LogP contribution in [0.2, 0.25) is 5.02 Å². The Bertz CT molecular complexity index is 1430. The zero-order valence-electron chi connectivity index (χ0n) is 18.6. The fourth-order valence-corrected chi connectivity index (χ4v) is 4.57. The van der Waals surface area contributed by atoms with E-state index in [-0.39, 0.29) is 17.1 Å². The van der Waals surface area contributed by atoms with Crippen molar-refractivity contribution < 1.29 is 9.21 Å². The number of fused-ring (bicyclic) bond motifs is 2. The highest BCUT2D eigenvalue weighted by molar-refractivity contribution is 6.32. The molecule has 0 radical (unpaired) electrons. The molecule has 33 heavy (non-hydrogen) atoms. The summed E-state index contributed by atoms with van der Waals surface area (Å²) >= 11 is 6.31. The second-order valence-electron chi connectivity index (χ2n) is 8.79. The number of amides is 1. The average Bonchev–Trinajstić information content (AvgIpc) is 3.08. The van der Waals surface area contributed by atoms with E-state index in [0.717, 1.165) is 16.7 Å². The van der Waals surface area contributed by atoms with Crippen molar-refractivity contribution in [2.45, 2.75) is 39.3 Å². The van der Waals surface area contributed by atoms with Gasteiger partial charge in [-0.25, -0.2) is 0 Å². The maximum Gasteiger partial charge on any atom is 0.291 e. The van der Waals surface area contributed by atoms with Crippen molar-refractivity contribution >= 4 is 28.5 Å². The number of halogens is 1. The monoisotopic (exact) mass is 458 g/mol. The van der Waals surface area contributed by atoms with Crippen LogP contribution < -0.4 is 5.43 Å². The van der Waals surface area contributed by atoms with Gasteiger partial charge in [0.15, 0.2) is 5.43 Å². The second-order valence-corrected chi connectivity index (χ2v) is 9.20. The number of aryl methyl sites for hydroxylation is 1. The third kappa shape index (κ3) is 3.62. The van der Waals surface area contributed by atoms with Crippen LogP contribution in [-0.2, 0) is 6.54 Å². The van der Waals surface area contributed by atoms with Gasteiger partial charge in [0.25, 0.3) is 5.91 Å². The van der Waals surface area contributed by atoms with Crippen molar-refractivity contribution in [1.29, 1.82) is 0 Å². The topological polar surface area (TPSA) is 63.4 Å². The van der Waals surface area contributed by atoms with Gasteiger partial charge in [0, 0.05) is 24.0 Å². The first-order valence-corrected chi connectivity index (χ1v) is 11.3. The lowest BCUT2D eigenvalue weighted by atomic mass is 9.95. The van der Waals surface area contributed by atoms with Gasteiger partial charge >= 0.3 is 0 Å². The van der Waals surface area contributed by atoms with Gasteiger partial charge in [-0.15, -0.1) is 0 Å².